The average molecular weight is 250 g/mol. The molecule has 0 spiro atoms. The van der Waals surface area contributed by atoms with E-state index in [-0.39, 0.29) is 5.91 Å². The first-order valence-corrected chi connectivity index (χ1v) is 5.69. The molecule has 1 aromatic heterocycles. The van der Waals surface area contributed by atoms with Crippen LogP contribution in [0.1, 0.15) is 16.8 Å². The number of anilines is 2. The summed E-state index contributed by atoms with van der Waals surface area (Å²) in [5.41, 5.74) is 9.61. The summed E-state index contributed by atoms with van der Waals surface area (Å²) in [5, 5.41) is 11.5. The van der Waals surface area contributed by atoms with Gasteiger partial charge in [0.05, 0.1) is 16.8 Å². The summed E-state index contributed by atoms with van der Waals surface area (Å²) < 4.78 is 0. The van der Waals surface area contributed by atoms with Crippen LogP contribution in [0, 0.1) is 11.3 Å². The summed E-state index contributed by atoms with van der Waals surface area (Å²) in [7, 11) is 0. The Bertz CT molecular complexity index is 749. The van der Waals surface area contributed by atoms with Crippen molar-refractivity contribution in [3.63, 3.8) is 0 Å². The molecule has 3 rings (SSSR count). The predicted octanol–water partition coefficient (Wildman–Crippen LogP) is 1.96. The third-order valence-corrected chi connectivity index (χ3v) is 2.96. The van der Waals surface area contributed by atoms with Crippen LogP contribution in [0.15, 0.2) is 30.5 Å². The maximum absolute atomic E-state index is 11.9. The van der Waals surface area contributed by atoms with Crippen LogP contribution in [0.3, 0.4) is 0 Å². The van der Waals surface area contributed by atoms with Crippen molar-refractivity contribution >= 4 is 28.9 Å². The number of nitrogen functional groups attached to an aromatic ring is 1. The molecular weight excluding hydrogens is 240 g/mol. The fraction of sp³-hybridized carbons (Fsp3) is 0. The lowest BCUT2D eigenvalue weighted by atomic mass is 10.1. The molecule has 1 aliphatic rings. The number of H-pyrrole nitrogens is 1. The minimum atomic E-state index is -0.172. The van der Waals surface area contributed by atoms with E-state index in [0.29, 0.717) is 28.2 Å². The van der Waals surface area contributed by atoms with Crippen molar-refractivity contribution in [1.82, 2.24) is 4.98 Å². The van der Waals surface area contributed by atoms with Gasteiger partial charge >= 0.3 is 0 Å². The Morgan fingerprint density at radius 1 is 1.32 bits per heavy atom. The highest BCUT2D eigenvalue weighted by atomic mass is 16.2. The van der Waals surface area contributed by atoms with E-state index >= 15 is 0 Å². The number of fused-ring (bicyclic) bond motifs is 1. The number of carbonyl (C=O) groups excluding carboxylic acids is 1. The number of benzene rings is 1. The smallest absolute Gasteiger partial charge is 0.256 e. The molecule has 92 valence electrons. The van der Waals surface area contributed by atoms with E-state index in [0.717, 1.165) is 5.56 Å². The summed E-state index contributed by atoms with van der Waals surface area (Å²) in [6.45, 7) is 0. The Labute approximate surface area is 109 Å². The molecule has 0 aliphatic carbocycles. The maximum Gasteiger partial charge on any atom is 0.256 e. The van der Waals surface area contributed by atoms with Gasteiger partial charge in [-0.15, -0.1) is 0 Å². The Morgan fingerprint density at radius 3 is 2.89 bits per heavy atom. The highest BCUT2D eigenvalue weighted by Crippen LogP contribution is 2.34. The maximum atomic E-state index is 11.9. The van der Waals surface area contributed by atoms with E-state index in [9.17, 15) is 4.79 Å². The third kappa shape index (κ3) is 1.85. The third-order valence-electron chi connectivity index (χ3n) is 2.96. The van der Waals surface area contributed by atoms with Crippen molar-refractivity contribution in [2.45, 2.75) is 0 Å². The van der Waals surface area contributed by atoms with E-state index in [1.165, 1.54) is 0 Å². The van der Waals surface area contributed by atoms with Gasteiger partial charge < -0.3 is 16.0 Å². The standard InChI is InChI=1S/C14H10N4O/c15-6-8-3-10(17-7-8)5-12-11-2-1-9(16)4-13(11)18-14(12)19/h1-5,7,17H,16H2,(H,18,19). The number of carbonyl (C=O) groups is 1. The lowest BCUT2D eigenvalue weighted by Gasteiger charge is -1.99. The van der Waals surface area contributed by atoms with Gasteiger partial charge in [-0.1, -0.05) is 6.07 Å². The Kier molecular flexibility index (Phi) is 2.36. The van der Waals surface area contributed by atoms with E-state index < -0.39 is 0 Å². The number of nitrogens with one attached hydrogen (secondary N) is 2. The molecule has 0 saturated heterocycles. The second-order valence-electron chi connectivity index (χ2n) is 4.27. The van der Waals surface area contributed by atoms with E-state index in [4.69, 9.17) is 11.0 Å². The molecule has 1 aliphatic heterocycles. The van der Waals surface area contributed by atoms with Crippen molar-refractivity contribution in [2.75, 3.05) is 11.1 Å². The molecule has 2 heterocycles. The minimum absolute atomic E-state index is 0.172. The molecule has 0 saturated carbocycles. The molecule has 5 nitrogen and oxygen atoms in total. The zero-order valence-electron chi connectivity index (χ0n) is 9.90. The van der Waals surface area contributed by atoms with Crippen LogP contribution in [0.5, 0.6) is 0 Å². The van der Waals surface area contributed by atoms with Gasteiger partial charge in [-0.25, -0.2) is 0 Å². The van der Waals surface area contributed by atoms with Crippen molar-refractivity contribution in [3.05, 3.63) is 47.3 Å². The first-order chi connectivity index (χ1) is 9.17. The normalized spacial score (nSPS) is 15.1. The molecule has 2 aromatic rings. The number of hydrogen-bond acceptors (Lipinski definition) is 3. The molecule has 4 N–H and O–H groups in total. The van der Waals surface area contributed by atoms with Gasteiger partial charge in [0.1, 0.15) is 6.07 Å². The quantitative estimate of drug-likeness (QED) is 0.533. The van der Waals surface area contributed by atoms with E-state index in [2.05, 4.69) is 10.3 Å². The van der Waals surface area contributed by atoms with E-state index in [1.807, 2.05) is 12.1 Å². The summed E-state index contributed by atoms with van der Waals surface area (Å²) in [6.07, 6.45) is 3.32. The molecule has 0 fully saturated rings. The van der Waals surface area contributed by atoms with Crippen LogP contribution in [-0.2, 0) is 4.79 Å². The molecule has 1 aromatic carbocycles. The molecular formula is C14H10N4O. The van der Waals surface area contributed by atoms with Crippen molar-refractivity contribution in [2.24, 2.45) is 0 Å². The van der Waals surface area contributed by atoms with Crippen LogP contribution in [0.4, 0.5) is 11.4 Å². The Hall–Kier alpha value is -3.00. The van der Waals surface area contributed by atoms with Gasteiger partial charge in [0.2, 0.25) is 0 Å². The number of hydrogen-bond donors (Lipinski definition) is 3. The van der Waals surface area contributed by atoms with Crippen LogP contribution in [-0.4, -0.2) is 10.9 Å². The summed E-state index contributed by atoms with van der Waals surface area (Å²) in [5.74, 6) is -0.172. The lowest BCUT2D eigenvalue weighted by molar-refractivity contribution is -0.110. The fourth-order valence-electron chi connectivity index (χ4n) is 2.07. The number of nitrogens with two attached hydrogens (primary N) is 1. The molecule has 0 unspecified atom stereocenters. The van der Waals surface area contributed by atoms with Gasteiger partial charge in [-0.2, -0.15) is 5.26 Å². The first kappa shape index (κ1) is 11.1. The topological polar surface area (TPSA) is 94.7 Å². The van der Waals surface area contributed by atoms with Gasteiger partial charge in [0.15, 0.2) is 0 Å². The molecule has 5 heteroatoms. The zero-order valence-corrected chi connectivity index (χ0v) is 9.90. The summed E-state index contributed by atoms with van der Waals surface area (Å²) >= 11 is 0. The minimum Gasteiger partial charge on any atom is -0.399 e. The Morgan fingerprint density at radius 2 is 2.16 bits per heavy atom. The molecule has 1 amide bonds. The van der Waals surface area contributed by atoms with Crippen LogP contribution in [0.2, 0.25) is 0 Å². The van der Waals surface area contributed by atoms with Gasteiger partial charge in [-0.3, -0.25) is 4.79 Å². The van der Waals surface area contributed by atoms with Crippen LogP contribution in [0.25, 0.3) is 11.6 Å². The number of aromatic nitrogens is 1. The highest BCUT2D eigenvalue weighted by Gasteiger charge is 2.24. The highest BCUT2D eigenvalue weighted by molar-refractivity contribution is 6.35. The monoisotopic (exact) mass is 250 g/mol. The number of rotatable bonds is 1. The van der Waals surface area contributed by atoms with E-state index in [1.54, 1.807) is 30.5 Å². The van der Waals surface area contributed by atoms with Gasteiger partial charge in [0.25, 0.3) is 5.91 Å². The number of amides is 1. The summed E-state index contributed by atoms with van der Waals surface area (Å²) in [4.78, 5) is 14.9. The predicted molar refractivity (Wildman–Crippen MR) is 72.9 cm³/mol. The summed E-state index contributed by atoms with van der Waals surface area (Å²) in [6, 6.07) is 9.01. The molecule has 19 heavy (non-hydrogen) atoms. The van der Waals surface area contributed by atoms with Crippen molar-refractivity contribution in [3.8, 4) is 6.07 Å². The number of aromatic amines is 1. The molecule has 0 radical (unpaired) electrons. The van der Waals surface area contributed by atoms with Crippen LogP contribution >= 0.6 is 0 Å². The van der Waals surface area contributed by atoms with Crippen LogP contribution < -0.4 is 11.1 Å². The average Bonchev–Trinajstić information content (AvgIpc) is 2.95. The lowest BCUT2D eigenvalue weighted by Crippen LogP contribution is -2.03. The second kappa shape index (κ2) is 4.03. The Balaban J connectivity index is 2.07. The largest absolute Gasteiger partial charge is 0.399 e. The van der Waals surface area contributed by atoms with Gasteiger partial charge in [0, 0.05) is 23.1 Å². The van der Waals surface area contributed by atoms with Gasteiger partial charge in [-0.05, 0) is 24.3 Å². The van der Waals surface area contributed by atoms with Crippen molar-refractivity contribution in [1.29, 1.82) is 5.26 Å². The number of nitrogens with zero attached hydrogens (tertiary/aromatic N) is 1. The zero-order chi connectivity index (χ0) is 13.4. The molecule has 0 atom stereocenters. The molecule has 0 bridgehead atoms. The first-order valence-electron chi connectivity index (χ1n) is 5.69. The number of nitriles is 1. The second-order valence-corrected chi connectivity index (χ2v) is 4.27. The SMILES string of the molecule is N#Cc1c[nH]c(C=C2C(=O)Nc3cc(N)ccc32)c1. The van der Waals surface area contributed by atoms with Crippen molar-refractivity contribution < 1.29 is 4.79 Å². The fourth-order valence-corrected chi connectivity index (χ4v) is 2.07.